The lowest BCUT2D eigenvalue weighted by Gasteiger charge is -2.32. The van der Waals surface area contributed by atoms with E-state index in [2.05, 4.69) is 88.4 Å². The zero-order valence-electron chi connectivity index (χ0n) is 15.8. The Balaban J connectivity index is 2.09. The molecule has 2 unspecified atom stereocenters. The molecule has 2 atom stereocenters. The number of hydrogen-bond donors (Lipinski definition) is 0. The smallest absolute Gasteiger partial charge is 0.0491 e. The first-order valence-corrected chi connectivity index (χ1v) is 12.7. The van der Waals surface area contributed by atoms with Gasteiger partial charge in [-0.25, -0.2) is 0 Å². The summed E-state index contributed by atoms with van der Waals surface area (Å²) in [7, 11) is 6.03. The summed E-state index contributed by atoms with van der Waals surface area (Å²) in [4.78, 5) is 0. The molecular formula is C22H30S3. The van der Waals surface area contributed by atoms with Gasteiger partial charge in [0, 0.05) is 9.49 Å². The van der Waals surface area contributed by atoms with E-state index in [1.165, 1.54) is 36.8 Å². The van der Waals surface area contributed by atoms with Gasteiger partial charge in [-0.05, 0) is 47.6 Å². The van der Waals surface area contributed by atoms with Crippen molar-refractivity contribution in [2.45, 2.75) is 62.9 Å². The van der Waals surface area contributed by atoms with Gasteiger partial charge in [0.25, 0.3) is 0 Å². The molecule has 2 aromatic carbocycles. The lowest BCUT2D eigenvalue weighted by atomic mass is 9.95. The third-order valence-corrected chi connectivity index (χ3v) is 10.3. The fourth-order valence-corrected chi connectivity index (χ4v) is 9.63. The van der Waals surface area contributed by atoms with Crippen LogP contribution in [0.2, 0.25) is 0 Å². The quantitative estimate of drug-likeness (QED) is 0.373. The van der Waals surface area contributed by atoms with Gasteiger partial charge in [0.05, 0.1) is 0 Å². The monoisotopic (exact) mass is 390 g/mol. The largest absolute Gasteiger partial charge is 0.0711 e. The lowest BCUT2D eigenvalue weighted by Crippen LogP contribution is -2.17. The Hall–Kier alpha value is -0.510. The summed E-state index contributed by atoms with van der Waals surface area (Å²) in [6, 6.07) is 21.9. The van der Waals surface area contributed by atoms with E-state index in [9.17, 15) is 0 Å². The Morgan fingerprint density at radius 2 is 1.00 bits per heavy atom. The van der Waals surface area contributed by atoms with Crippen molar-refractivity contribution in [1.29, 1.82) is 0 Å². The third-order valence-electron chi connectivity index (χ3n) is 4.66. The van der Waals surface area contributed by atoms with Crippen LogP contribution in [0.1, 0.15) is 64.5 Å². The summed E-state index contributed by atoms with van der Waals surface area (Å²) in [5.74, 6) is 0. The van der Waals surface area contributed by atoms with E-state index in [4.69, 9.17) is 0 Å². The topological polar surface area (TPSA) is 0 Å². The highest BCUT2D eigenvalue weighted by atomic mass is 33.5. The second-order valence-electron chi connectivity index (χ2n) is 6.93. The molecule has 2 aromatic rings. The first kappa shape index (κ1) is 20.8. The van der Waals surface area contributed by atoms with E-state index in [0.29, 0.717) is 0 Å². The molecule has 0 aromatic heterocycles. The van der Waals surface area contributed by atoms with Crippen LogP contribution in [0.4, 0.5) is 0 Å². The summed E-state index contributed by atoms with van der Waals surface area (Å²) in [6.07, 6.45) is 4.80. The maximum atomic E-state index is 2.39. The van der Waals surface area contributed by atoms with Crippen LogP contribution in [0, 0.1) is 0 Å². The molecular weight excluding hydrogens is 360 g/mol. The first-order valence-electron chi connectivity index (χ1n) is 9.18. The molecule has 0 fully saturated rings. The summed E-state index contributed by atoms with van der Waals surface area (Å²) in [5.41, 5.74) is 2.87. The van der Waals surface area contributed by atoms with E-state index in [1.54, 1.807) is 0 Å². The Labute approximate surface area is 165 Å². The first-order chi connectivity index (χ1) is 12.0. The van der Waals surface area contributed by atoms with Gasteiger partial charge in [-0.3, -0.25) is 0 Å². The van der Waals surface area contributed by atoms with Crippen molar-refractivity contribution in [1.82, 2.24) is 0 Å². The molecule has 0 nitrogen and oxygen atoms in total. The van der Waals surface area contributed by atoms with Crippen LogP contribution in [-0.2, 0) is 9.49 Å². The fraction of sp³-hybridized carbons (Fsp3) is 0.455. The molecule has 25 heavy (non-hydrogen) atoms. The number of benzene rings is 2. The molecule has 0 saturated heterocycles. The van der Waals surface area contributed by atoms with Gasteiger partial charge in [-0.2, -0.15) is 0 Å². The van der Waals surface area contributed by atoms with Crippen LogP contribution in [0.5, 0.6) is 0 Å². The number of hydrogen-bond acceptors (Lipinski definition) is 3. The maximum absolute atomic E-state index is 2.39. The molecule has 0 aliphatic rings. The van der Waals surface area contributed by atoms with E-state index in [0.717, 1.165) is 0 Å². The normalized spacial score (nSPS) is 16.2. The van der Waals surface area contributed by atoms with E-state index < -0.39 is 0 Å². The minimum absolute atomic E-state index is 0.164. The molecule has 0 heterocycles. The van der Waals surface area contributed by atoms with Gasteiger partial charge in [-0.15, -0.1) is 0 Å². The average Bonchev–Trinajstić information content (AvgIpc) is 2.64. The molecule has 2 rings (SSSR count). The molecule has 0 spiro atoms. The summed E-state index contributed by atoms with van der Waals surface area (Å²) >= 11 is 0. The lowest BCUT2D eigenvalue weighted by molar-refractivity contribution is 0.612. The van der Waals surface area contributed by atoms with Crippen molar-refractivity contribution in [3.05, 3.63) is 71.8 Å². The summed E-state index contributed by atoms with van der Waals surface area (Å²) in [6.45, 7) is 9.35. The second-order valence-corrected chi connectivity index (χ2v) is 11.8. The van der Waals surface area contributed by atoms with E-state index in [1.807, 2.05) is 31.4 Å². The van der Waals surface area contributed by atoms with Crippen molar-refractivity contribution < 1.29 is 0 Å². The SMILES string of the molecule is CCCC(C)(SSSC(C)(CCC)c1ccccc1)c1ccccc1. The molecule has 0 N–H and O–H groups in total. The second kappa shape index (κ2) is 9.99. The van der Waals surface area contributed by atoms with E-state index >= 15 is 0 Å². The Morgan fingerprint density at radius 3 is 1.32 bits per heavy atom. The molecule has 136 valence electrons. The van der Waals surface area contributed by atoms with Crippen molar-refractivity contribution in [2.24, 2.45) is 0 Å². The summed E-state index contributed by atoms with van der Waals surface area (Å²) in [5, 5.41) is 0. The molecule has 0 saturated carbocycles. The molecule has 0 amide bonds. The summed E-state index contributed by atoms with van der Waals surface area (Å²) < 4.78 is 0.328. The minimum atomic E-state index is 0.164. The predicted octanol–water partition coefficient (Wildman–Crippen LogP) is 8.45. The third kappa shape index (κ3) is 5.74. The predicted molar refractivity (Wildman–Crippen MR) is 120 cm³/mol. The van der Waals surface area contributed by atoms with Crippen molar-refractivity contribution in [3.63, 3.8) is 0 Å². The van der Waals surface area contributed by atoms with Crippen LogP contribution in [-0.4, -0.2) is 0 Å². The van der Waals surface area contributed by atoms with Crippen LogP contribution in [0.15, 0.2) is 60.7 Å². The van der Waals surface area contributed by atoms with Crippen molar-refractivity contribution in [2.75, 3.05) is 0 Å². The highest BCUT2D eigenvalue weighted by Gasteiger charge is 2.31. The van der Waals surface area contributed by atoms with Crippen molar-refractivity contribution in [3.8, 4) is 0 Å². The Bertz CT molecular complexity index is 558. The molecule has 0 aliphatic heterocycles. The highest BCUT2D eigenvalue weighted by molar-refractivity contribution is 9.09. The maximum Gasteiger partial charge on any atom is 0.0491 e. The molecule has 3 heteroatoms. The van der Waals surface area contributed by atoms with Crippen LogP contribution >= 0.6 is 31.4 Å². The zero-order chi connectivity index (χ0) is 18.2. The van der Waals surface area contributed by atoms with E-state index in [-0.39, 0.29) is 9.49 Å². The standard InChI is InChI=1S/C22H30S3/c1-5-17-21(3,19-13-9-7-10-14-19)23-25-24-22(4,18-6-2)20-15-11-8-12-16-20/h7-16H,5-6,17-18H2,1-4H3. The van der Waals surface area contributed by atoms with Crippen LogP contribution in [0.3, 0.4) is 0 Å². The fourth-order valence-electron chi connectivity index (χ4n) is 3.17. The average molecular weight is 391 g/mol. The number of rotatable bonds is 10. The Kier molecular flexibility index (Phi) is 8.31. The minimum Gasteiger partial charge on any atom is -0.0711 e. The van der Waals surface area contributed by atoms with Gasteiger partial charge in [0.2, 0.25) is 0 Å². The van der Waals surface area contributed by atoms with Gasteiger partial charge in [0.15, 0.2) is 0 Å². The van der Waals surface area contributed by atoms with Crippen LogP contribution in [0.25, 0.3) is 0 Å². The van der Waals surface area contributed by atoms with Crippen molar-refractivity contribution >= 4 is 31.4 Å². The molecule has 0 bridgehead atoms. The molecule has 0 aliphatic carbocycles. The zero-order valence-corrected chi connectivity index (χ0v) is 18.3. The van der Waals surface area contributed by atoms with Gasteiger partial charge in [0.1, 0.15) is 0 Å². The van der Waals surface area contributed by atoms with Gasteiger partial charge in [-0.1, -0.05) is 109 Å². The van der Waals surface area contributed by atoms with Crippen LogP contribution < -0.4 is 0 Å². The van der Waals surface area contributed by atoms with Gasteiger partial charge >= 0.3 is 0 Å². The Morgan fingerprint density at radius 1 is 0.640 bits per heavy atom. The molecule has 0 radical (unpaired) electrons. The highest BCUT2D eigenvalue weighted by Crippen LogP contribution is 2.57. The van der Waals surface area contributed by atoms with Gasteiger partial charge < -0.3 is 0 Å².